The third kappa shape index (κ3) is 3.92. The van der Waals surface area contributed by atoms with E-state index >= 15 is 0 Å². The van der Waals surface area contributed by atoms with Gasteiger partial charge in [0.15, 0.2) is 0 Å². The minimum absolute atomic E-state index is 0.0566. The van der Waals surface area contributed by atoms with Crippen molar-refractivity contribution >= 4 is 21.4 Å². The van der Waals surface area contributed by atoms with Gasteiger partial charge in [-0.3, -0.25) is 10.1 Å². The zero-order chi connectivity index (χ0) is 16.4. The predicted molar refractivity (Wildman–Crippen MR) is 81.4 cm³/mol. The van der Waals surface area contributed by atoms with Crippen LogP contribution in [0.2, 0.25) is 0 Å². The molecule has 0 aliphatic carbocycles. The summed E-state index contributed by atoms with van der Waals surface area (Å²) in [4.78, 5) is 10.1. The summed E-state index contributed by atoms with van der Waals surface area (Å²) < 4.78 is 26.7. The summed E-state index contributed by atoms with van der Waals surface area (Å²) in [6.45, 7) is 7.71. The van der Waals surface area contributed by atoms with Crippen LogP contribution in [0.15, 0.2) is 23.1 Å². The van der Waals surface area contributed by atoms with Gasteiger partial charge in [-0.05, 0) is 31.9 Å². The van der Waals surface area contributed by atoms with Crippen molar-refractivity contribution in [3.05, 3.63) is 28.3 Å². The van der Waals surface area contributed by atoms with Gasteiger partial charge in [0.25, 0.3) is 5.69 Å². The van der Waals surface area contributed by atoms with Gasteiger partial charge >= 0.3 is 0 Å². The summed E-state index contributed by atoms with van der Waals surface area (Å²) in [5, 5.41) is 10.9. The van der Waals surface area contributed by atoms with Gasteiger partial charge in [-0.25, -0.2) is 8.42 Å². The average molecular weight is 315 g/mol. The van der Waals surface area contributed by atoms with Crippen LogP contribution in [0.5, 0.6) is 0 Å². The average Bonchev–Trinajstić information content (AvgIpc) is 2.35. The van der Waals surface area contributed by atoms with Gasteiger partial charge in [-0.1, -0.05) is 13.8 Å². The molecule has 1 rings (SSSR count). The van der Waals surface area contributed by atoms with Crippen LogP contribution < -0.4 is 5.73 Å². The minimum atomic E-state index is -3.79. The lowest BCUT2D eigenvalue weighted by Gasteiger charge is -2.27. The molecule has 7 nitrogen and oxygen atoms in total. The van der Waals surface area contributed by atoms with E-state index in [1.165, 1.54) is 16.4 Å². The Bertz CT molecular complexity index is 626. The third-order valence-corrected chi connectivity index (χ3v) is 4.96. The van der Waals surface area contributed by atoms with Gasteiger partial charge in [-0.15, -0.1) is 0 Å². The maximum absolute atomic E-state index is 12.7. The number of nitrogens with two attached hydrogens (primary N) is 1. The highest BCUT2D eigenvalue weighted by Crippen LogP contribution is 2.27. The highest BCUT2D eigenvalue weighted by atomic mass is 32.2. The van der Waals surface area contributed by atoms with E-state index in [2.05, 4.69) is 0 Å². The standard InChI is InChI=1S/C13H21N3O4S/c1-9(2)8-15(10(3)4)21(19,20)11-5-6-12(14)13(7-11)16(17)18/h5-7,9-10H,8,14H2,1-4H3. The number of hydrogen-bond acceptors (Lipinski definition) is 5. The van der Waals surface area contributed by atoms with Gasteiger partial charge in [-0.2, -0.15) is 4.31 Å². The minimum Gasteiger partial charge on any atom is -0.393 e. The second kappa shape index (κ2) is 6.40. The molecule has 0 fully saturated rings. The van der Waals surface area contributed by atoms with Gasteiger partial charge in [0, 0.05) is 18.7 Å². The first-order chi connectivity index (χ1) is 9.57. The lowest BCUT2D eigenvalue weighted by Crippen LogP contribution is -2.39. The smallest absolute Gasteiger partial charge is 0.293 e. The van der Waals surface area contributed by atoms with E-state index in [0.717, 1.165) is 6.07 Å². The Labute approximate surface area is 124 Å². The first-order valence-corrected chi connectivity index (χ1v) is 8.07. The van der Waals surface area contributed by atoms with Crippen molar-refractivity contribution in [3.63, 3.8) is 0 Å². The molecule has 0 aromatic heterocycles. The molecule has 0 saturated carbocycles. The van der Waals surface area contributed by atoms with E-state index in [4.69, 9.17) is 5.73 Å². The van der Waals surface area contributed by atoms with Crippen LogP contribution in [-0.2, 0) is 10.0 Å². The van der Waals surface area contributed by atoms with Crippen LogP contribution in [0.1, 0.15) is 27.7 Å². The van der Waals surface area contributed by atoms with Gasteiger partial charge < -0.3 is 5.73 Å². The lowest BCUT2D eigenvalue weighted by molar-refractivity contribution is -0.384. The summed E-state index contributed by atoms with van der Waals surface area (Å²) >= 11 is 0. The second-order valence-corrected chi connectivity index (χ2v) is 7.43. The zero-order valence-electron chi connectivity index (χ0n) is 12.6. The number of nitro benzene ring substituents is 1. The molecular formula is C13H21N3O4S. The molecule has 0 aliphatic heterocycles. The number of anilines is 1. The van der Waals surface area contributed by atoms with E-state index in [-0.39, 0.29) is 22.5 Å². The molecule has 1 aromatic carbocycles. The number of nitrogens with zero attached hydrogens (tertiary/aromatic N) is 2. The Morgan fingerprint density at radius 1 is 1.29 bits per heavy atom. The summed E-state index contributed by atoms with van der Waals surface area (Å²) in [6.07, 6.45) is 0. The Morgan fingerprint density at radius 2 is 1.86 bits per heavy atom. The molecule has 0 radical (unpaired) electrons. The quantitative estimate of drug-likeness (QED) is 0.492. The van der Waals surface area contributed by atoms with Crippen molar-refractivity contribution in [2.45, 2.75) is 38.6 Å². The van der Waals surface area contributed by atoms with E-state index in [0.29, 0.717) is 6.54 Å². The largest absolute Gasteiger partial charge is 0.393 e. The van der Waals surface area contributed by atoms with E-state index in [1.807, 2.05) is 13.8 Å². The van der Waals surface area contributed by atoms with Crippen molar-refractivity contribution in [2.75, 3.05) is 12.3 Å². The van der Waals surface area contributed by atoms with Crippen molar-refractivity contribution in [1.82, 2.24) is 4.31 Å². The Hall–Kier alpha value is -1.67. The topological polar surface area (TPSA) is 107 Å². The maximum atomic E-state index is 12.7. The van der Waals surface area contributed by atoms with Crippen LogP contribution in [-0.4, -0.2) is 30.2 Å². The summed E-state index contributed by atoms with van der Waals surface area (Å²) in [7, 11) is -3.79. The fourth-order valence-corrected chi connectivity index (χ4v) is 3.74. The number of nitro groups is 1. The van der Waals surface area contributed by atoms with Crippen LogP contribution in [0, 0.1) is 16.0 Å². The van der Waals surface area contributed by atoms with Crippen molar-refractivity contribution in [2.24, 2.45) is 5.92 Å². The third-order valence-electron chi connectivity index (χ3n) is 2.93. The number of nitrogen functional groups attached to an aromatic ring is 1. The Balaban J connectivity index is 3.35. The van der Waals surface area contributed by atoms with Crippen LogP contribution in [0.4, 0.5) is 11.4 Å². The first-order valence-electron chi connectivity index (χ1n) is 6.63. The summed E-state index contributed by atoms with van der Waals surface area (Å²) in [6, 6.07) is 3.32. The highest BCUT2D eigenvalue weighted by Gasteiger charge is 2.29. The molecule has 1 aromatic rings. The van der Waals surface area contributed by atoms with Gasteiger partial charge in [0.2, 0.25) is 10.0 Å². The summed E-state index contributed by atoms with van der Waals surface area (Å²) in [5.41, 5.74) is 5.04. The summed E-state index contributed by atoms with van der Waals surface area (Å²) in [5.74, 6) is 0.144. The molecule has 0 bridgehead atoms. The molecule has 2 N–H and O–H groups in total. The highest BCUT2D eigenvalue weighted by molar-refractivity contribution is 7.89. The predicted octanol–water partition coefficient (Wildman–Crippen LogP) is 2.23. The molecule has 0 spiro atoms. The van der Waals surface area contributed by atoms with Crippen LogP contribution in [0.25, 0.3) is 0 Å². The molecule has 21 heavy (non-hydrogen) atoms. The van der Waals surface area contributed by atoms with Crippen molar-refractivity contribution < 1.29 is 13.3 Å². The molecule has 0 heterocycles. The van der Waals surface area contributed by atoms with Crippen molar-refractivity contribution in [1.29, 1.82) is 0 Å². The molecule has 0 aliphatic rings. The molecule has 0 unspecified atom stereocenters. The van der Waals surface area contributed by atoms with Gasteiger partial charge in [0.1, 0.15) is 5.69 Å². The monoisotopic (exact) mass is 315 g/mol. The normalized spacial score (nSPS) is 12.3. The molecule has 0 saturated heterocycles. The molecule has 0 amide bonds. The van der Waals surface area contributed by atoms with E-state index in [1.54, 1.807) is 13.8 Å². The molecule has 8 heteroatoms. The zero-order valence-corrected chi connectivity index (χ0v) is 13.4. The first kappa shape index (κ1) is 17.4. The Kier molecular flexibility index (Phi) is 5.30. The van der Waals surface area contributed by atoms with E-state index < -0.39 is 20.6 Å². The molecule has 0 atom stereocenters. The van der Waals surface area contributed by atoms with Crippen LogP contribution >= 0.6 is 0 Å². The fraction of sp³-hybridized carbons (Fsp3) is 0.538. The number of hydrogen-bond donors (Lipinski definition) is 1. The number of benzene rings is 1. The maximum Gasteiger partial charge on any atom is 0.293 e. The molecular weight excluding hydrogens is 294 g/mol. The van der Waals surface area contributed by atoms with Crippen LogP contribution in [0.3, 0.4) is 0 Å². The number of sulfonamides is 1. The van der Waals surface area contributed by atoms with Gasteiger partial charge in [0.05, 0.1) is 9.82 Å². The van der Waals surface area contributed by atoms with Crippen molar-refractivity contribution in [3.8, 4) is 0 Å². The lowest BCUT2D eigenvalue weighted by atomic mass is 10.2. The SMILES string of the molecule is CC(C)CN(C(C)C)S(=O)(=O)c1ccc(N)c([N+](=O)[O-])c1. The number of rotatable bonds is 6. The van der Waals surface area contributed by atoms with E-state index in [9.17, 15) is 18.5 Å². The Morgan fingerprint density at radius 3 is 2.29 bits per heavy atom. The second-order valence-electron chi connectivity index (χ2n) is 5.54. The molecule has 118 valence electrons. The fourth-order valence-electron chi connectivity index (χ4n) is 1.92.